The van der Waals surface area contributed by atoms with Crippen LogP contribution in [0.15, 0.2) is 47.1 Å². The second-order valence-corrected chi connectivity index (χ2v) is 6.75. The highest BCUT2D eigenvalue weighted by Gasteiger charge is 2.50. The van der Waals surface area contributed by atoms with E-state index in [9.17, 15) is 14.4 Å². The molecule has 2 N–H and O–H groups in total. The van der Waals surface area contributed by atoms with Gasteiger partial charge in [0.2, 0.25) is 0 Å². The highest BCUT2D eigenvalue weighted by atomic mass is 79.9. The lowest BCUT2D eigenvalue weighted by atomic mass is 9.92. The minimum Gasteiger partial charge on any atom is -0.343 e. The molecule has 1 aliphatic rings. The van der Waals surface area contributed by atoms with Crippen molar-refractivity contribution in [1.29, 1.82) is 0 Å². The number of amides is 4. The van der Waals surface area contributed by atoms with Crippen molar-refractivity contribution in [3.05, 3.63) is 58.3 Å². The Bertz CT molecular complexity index is 849. The van der Waals surface area contributed by atoms with Gasteiger partial charge >= 0.3 is 6.03 Å². The number of nitrogens with zero attached hydrogens (tertiary/aromatic N) is 2. The second kappa shape index (κ2) is 6.36. The number of rotatable bonds is 4. The molecule has 1 unspecified atom stereocenters. The minimum atomic E-state index is -1.22. The summed E-state index contributed by atoms with van der Waals surface area (Å²) in [6, 6.07) is 9.86. The topological polar surface area (TPSA) is 83.4 Å². The molecule has 0 saturated carbocycles. The minimum absolute atomic E-state index is 0.350. The van der Waals surface area contributed by atoms with Gasteiger partial charge in [-0.1, -0.05) is 30.3 Å². The number of aryl methyl sites for hydroxylation is 1. The van der Waals surface area contributed by atoms with Gasteiger partial charge in [0, 0.05) is 17.2 Å². The van der Waals surface area contributed by atoms with Gasteiger partial charge in [-0.05, 0) is 41.4 Å². The van der Waals surface area contributed by atoms with Crippen molar-refractivity contribution in [3.63, 3.8) is 0 Å². The summed E-state index contributed by atoms with van der Waals surface area (Å²) in [6.07, 6.45) is 1.76. The summed E-state index contributed by atoms with van der Waals surface area (Å²) in [4.78, 5) is 37.5. The van der Waals surface area contributed by atoms with E-state index in [1.165, 1.54) is 0 Å². The first-order valence-corrected chi connectivity index (χ1v) is 8.55. The van der Waals surface area contributed by atoms with Gasteiger partial charge in [-0.2, -0.15) is 5.01 Å². The van der Waals surface area contributed by atoms with E-state index < -0.39 is 23.4 Å². The molecule has 3 rings (SSSR count). The Kier molecular flexibility index (Phi) is 4.38. The zero-order valence-electron chi connectivity index (χ0n) is 13.7. The molecule has 0 bridgehead atoms. The summed E-state index contributed by atoms with van der Waals surface area (Å²) in [5.41, 5.74) is 2.17. The van der Waals surface area contributed by atoms with Gasteiger partial charge in [-0.15, -0.1) is 0 Å². The lowest BCUT2D eigenvalue weighted by Crippen LogP contribution is -2.48. The monoisotopic (exact) mass is 404 g/mol. The van der Waals surface area contributed by atoms with E-state index >= 15 is 0 Å². The van der Waals surface area contributed by atoms with Crippen LogP contribution in [0.3, 0.4) is 0 Å². The molecule has 4 amide bonds. The molecule has 0 radical (unpaired) electrons. The Balaban J connectivity index is 1.85. The van der Waals surface area contributed by atoms with E-state index in [-0.39, 0.29) is 0 Å². The second-order valence-electron chi connectivity index (χ2n) is 5.83. The van der Waals surface area contributed by atoms with Crippen molar-refractivity contribution in [2.24, 2.45) is 0 Å². The molecule has 25 heavy (non-hydrogen) atoms. The van der Waals surface area contributed by atoms with Crippen molar-refractivity contribution < 1.29 is 14.4 Å². The lowest BCUT2D eigenvalue weighted by Gasteiger charge is -2.22. The number of imide groups is 1. The van der Waals surface area contributed by atoms with Gasteiger partial charge in [0.25, 0.3) is 11.8 Å². The van der Waals surface area contributed by atoms with Crippen molar-refractivity contribution in [1.82, 2.24) is 20.3 Å². The van der Waals surface area contributed by atoms with Crippen LogP contribution in [0, 0.1) is 0 Å². The number of hydrogen-bond acceptors (Lipinski definition) is 3. The molecule has 8 heteroatoms. The zero-order valence-corrected chi connectivity index (χ0v) is 15.3. The molecule has 1 aromatic heterocycles. The Labute approximate surface area is 153 Å². The molecular weight excluding hydrogens is 388 g/mol. The van der Waals surface area contributed by atoms with Crippen LogP contribution in [-0.4, -0.2) is 27.4 Å². The molecule has 1 aromatic carbocycles. The van der Waals surface area contributed by atoms with Crippen LogP contribution in [0.5, 0.6) is 0 Å². The van der Waals surface area contributed by atoms with Crippen molar-refractivity contribution in [2.45, 2.75) is 25.9 Å². The fourth-order valence-corrected chi connectivity index (χ4v) is 3.26. The van der Waals surface area contributed by atoms with E-state index in [1.54, 1.807) is 48.0 Å². The highest BCUT2D eigenvalue weighted by molar-refractivity contribution is 9.10. The predicted octanol–water partition coefficient (Wildman–Crippen LogP) is 2.38. The van der Waals surface area contributed by atoms with Crippen molar-refractivity contribution in [3.8, 4) is 0 Å². The summed E-state index contributed by atoms with van der Waals surface area (Å²) >= 11 is 3.32. The number of carbonyl (C=O) groups is 3. The summed E-state index contributed by atoms with van der Waals surface area (Å²) in [6.45, 7) is 4.08. The highest BCUT2D eigenvalue weighted by Crippen LogP contribution is 2.27. The molecule has 1 atom stereocenters. The first-order valence-electron chi connectivity index (χ1n) is 7.75. The van der Waals surface area contributed by atoms with E-state index in [2.05, 4.69) is 26.7 Å². The van der Waals surface area contributed by atoms with Crippen LogP contribution >= 0.6 is 15.9 Å². The third-order valence-electron chi connectivity index (χ3n) is 4.19. The van der Waals surface area contributed by atoms with Crippen LogP contribution in [0.25, 0.3) is 0 Å². The van der Waals surface area contributed by atoms with Gasteiger partial charge < -0.3 is 9.88 Å². The molecule has 2 aromatic rings. The van der Waals surface area contributed by atoms with Gasteiger partial charge in [-0.25, -0.2) is 4.79 Å². The SMILES string of the molecule is CCn1cc(Br)cc1C(=O)NN1C(=O)NC(C)(c2ccccc2)C1=O. The Morgan fingerprint density at radius 3 is 2.60 bits per heavy atom. The number of carbonyl (C=O) groups excluding carboxylic acids is 3. The quantitative estimate of drug-likeness (QED) is 0.767. The lowest BCUT2D eigenvalue weighted by molar-refractivity contribution is -0.132. The summed E-state index contributed by atoms with van der Waals surface area (Å²) in [5.74, 6) is -1.07. The third kappa shape index (κ3) is 2.93. The van der Waals surface area contributed by atoms with E-state index in [4.69, 9.17) is 0 Å². The maximum absolute atomic E-state index is 12.8. The van der Waals surface area contributed by atoms with Gasteiger partial charge in [0.15, 0.2) is 0 Å². The van der Waals surface area contributed by atoms with Crippen molar-refractivity contribution >= 4 is 33.8 Å². The van der Waals surface area contributed by atoms with Crippen LogP contribution in [0.1, 0.15) is 29.9 Å². The Morgan fingerprint density at radius 2 is 1.96 bits per heavy atom. The molecule has 2 heterocycles. The van der Waals surface area contributed by atoms with Crippen LogP contribution in [0.4, 0.5) is 4.79 Å². The smallest absolute Gasteiger partial charge is 0.343 e. The number of hydrazine groups is 1. The number of benzene rings is 1. The van der Waals surface area contributed by atoms with E-state index in [1.807, 2.05) is 13.0 Å². The normalized spacial score (nSPS) is 19.9. The Morgan fingerprint density at radius 1 is 1.28 bits per heavy atom. The maximum Gasteiger partial charge on any atom is 0.344 e. The van der Waals surface area contributed by atoms with Gasteiger partial charge in [0.1, 0.15) is 11.2 Å². The number of halogens is 1. The maximum atomic E-state index is 12.8. The molecule has 0 aliphatic carbocycles. The number of urea groups is 1. The predicted molar refractivity (Wildman–Crippen MR) is 94.4 cm³/mol. The largest absolute Gasteiger partial charge is 0.344 e. The van der Waals surface area contributed by atoms with Crippen molar-refractivity contribution in [2.75, 3.05) is 0 Å². The molecule has 7 nitrogen and oxygen atoms in total. The average molecular weight is 405 g/mol. The molecule has 0 spiro atoms. The fourth-order valence-electron chi connectivity index (χ4n) is 2.79. The Hall–Kier alpha value is -2.61. The van der Waals surface area contributed by atoms with E-state index in [0.717, 1.165) is 9.48 Å². The summed E-state index contributed by atoms with van der Waals surface area (Å²) < 4.78 is 2.46. The van der Waals surface area contributed by atoms with E-state index in [0.29, 0.717) is 17.8 Å². The van der Waals surface area contributed by atoms with Gasteiger partial charge in [0.05, 0.1) is 0 Å². The third-order valence-corrected chi connectivity index (χ3v) is 4.63. The molecule has 1 saturated heterocycles. The molecule has 1 aliphatic heterocycles. The standard InChI is InChI=1S/C17H17BrN4O3/c1-3-21-10-12(18)9-13(21)14(23)20-22-15(24)17(2,19-16(22)25)11-7-5-4-6-8-11/h4-10H,3H2,1-2H3,(H,19,25)(H,20,23). The first kappa shape index (κ1) is 17.2. The first-order chi connectivity index (χ1) is 11.9. The fraction of sp³-hybridized carbons (Fsp3) is 0.235. The van der Waals surface area contributed by atoms with Crippen LogP contribution in [-0.2, 0) is 16.9 Å². The molecular formula is C17H17BrN4O3. The summed E-state index contributed by atoms with van der Waals surface area (Å²) in [5, 5.41) is 3.38. The zero-order chi connectivity index (χ0) is 18.2. The van der Waals surface area contributed by atoms with Crippen LogP contribution < -0.4 is 10.7 Å². The molecule has 1 fully saturated rings. The number of nitrogens with one attached hydrogen (secondary N) is 2. The van der Waals surface area contributed by atoms with Crippen LogP contribution in [0.2, 0.25) is 0 Å². The average Bonchev–Trinajstić information content (AvgIpc) is 3.09. The molecule has 130 valence electrons. The van der Waals surface area contributed by atoms with Gasteiger partial charge in [-0.3, -0.25) is 15.0 Å². The number of hydrogen-bond donors (Lipinski definition) is 2. The summed E-state index contributed by atoms with van der Waals surface area (Å²) in [7, 11) is 0. The number of aromatic nitrogens is 1.